The minimum atomic E-state index is -1.54. The van der Waals surface area contributed by atoms with E-state index in [1.54, 1.807) is 0 Å². The standard InChI is InChI=1S/C76H121NO8/c1-6-8-10-12-14-16-18-20-22-24-26-28-29-30-31-32-33-34-35-36-37-38-39-40-41-42-43-44-45-47-49-51-53-55-57-59-61-63-65-67-74(79)85-72(71-84-76(75(80)81)82-69-68-77(3,4)5)70-83-73(78)66-64-62-60-58-56-54-52-50-48-46-27-25-23-21-19-17-15-13-11-9-7-2/h8,10,14,16,19-22,25-28,30-31,33-34,36-37,39-40,42-43,45,47,51,53,57,59,72,76H,6-7,9,11-13,15,17-18,23-24,29,32,35,38,41,44,46,48-50,52,54-56,58,60-71H2,1-5H3/p+1/b10-8-,16-14-,21-19-,22-20-,27-25-,28-26-,31-30-,34-33-,37-36-,40-39-,43-42-,47-45-,53-51-,59-57-. The molecule has 2 atom stereocenters. The van der Waals surface area contributed by atoms with E-state index in [0.717, 1.165) is 128 Å². The highest BCUT2D eigenvalue weighted by Crippen LogP contribution is 2.14. The van der Waals surface area contributed by atoms with Crippen LogP contribution in [0.2, 0.25) is 0 Å². The molecule has 0 radical (unpaired) electrons. The van der Waals surface area contributed by atoms with Crippen molar-refractivity contribution in [1.82, 2.24) is 0 Å². The van der Waals surface area contributed by atoms with Gasteiger partial charge >= 0.3 is 17.9 Å². The first-order valence-corrected chi connectivity index (χ1v) is 33.3. The summed E-state index contributed by atoms with van der Waals surface area (Å²) in [4.78, 5) is 37.5. The number of hydrogen-bond donors (Lipinski definition) is 1. The van der Waals surface area contributed by atoms with Crippen LogP contribution in [0.4, 0.5) is 0 Å². The van der Waals surface area contributed by atoms with Crippen molar-refractivity contribution in [3.8, 4) is 0 Å². The van der Waals surface area contributed by atoms with Crippen molar-refractivity contribution in [2.45, 2.75) is 245 Å². The fourth-order valence-corrected chi connectivity index (χ4v) is 8.38. The van der Waals surface area contributed by atoms with Crippen LogP contribution in [0, 0.1) is 0 Å². The van der Waals surface area contributed by atoms with Crippen molar-refractivity contribution < 1.29 is 42.9 Å². The summed E-state index contributed by atoms with van der Waals surface area (Å²) in [5, 5.41) is 9.73. The third kappa shape index (κ3) is 66.0. The molecule has 0 saturated heterocycles. The van der Waals surface area contributed by atoms with Crippen LogP contribution in [0.3, 0.4) is 0 Å². The summed E-state index contributed by atoms with van der Waals surface area (Å²) in [5.74, 6) is -2.09. The Labute approximate surface area is 520 Å². The van der Waals surface area contributed by atoms with E-state index in [0.29, 0.717) is 17.4 Å². The zero-order chi connectivity index (χ0) is 61.9. The molecule has 1 N–H and O–H groups in total. The molecule has 0 aliphatic carbocycles. The molecule has 0 heterocycles. The normalized spacial score (nSPS) is 13.8. The number of aliphatic carboxylic acids is 1. The Morgan fingerprint density at radius 1 is 0.365 bits per heavy atom. The highest BCUT2D eigenvalue weighted by Gasteiger charge is 2.25. The van der Waals surface area contributed by atoms with E-state index in [1.807, 2.05) is 21.1 Å². The Bertz CT molecular complexity index is 2000. The number of ether oxygens (including phenoxy) is 4. The predicted molar refractivity (Wildman–Crippen MR) is 363 cm³/mol. The molecule has 0 spiro atoms. The lowest BCUT2D eigenvalue weighted by atomic mass is 10.1. The van der Waals surface area contributed by atoms with Crippen molar-refractivity contribution in [2.24, 2.45) is 0 Å². The fourth-order valence-electron chi connectivity index (χ4n) is 8.38. The second-order valence-electron chi connectivity index (χ2n) is 22.7. The number of allylic oxidation sites excluding steroid dienone is 28. The lowest BCUT2D eigenvalue weighted by Gasteiger charge is -2.25. The molecule has 0 aromatic carbocycles. The third-order valence-electron chi connectivity index (χ3n) is 13.5. The van der Waals surface area contributed by atoms with Gasteiger partial charge in [-0.15, -0.1) is 0 Å². The Morgan fingerprint density at radius 2 is 0.671 bits per heavy atom. The van der Waals surface area contributed by atoms with Crippen molar-refractivity contribution in [3.05, 3.63) is 170 Å². The van der Waals surface area contributed by atoms with Gasteiger partial charge < -0.3 is 28.5 Å². The van der Waals surface area contributed by atoms with Gasteiger partial charge in [0.15, 0.2) is 6.10 Å². The first kappa shape index (κ1) is 79.7. The lowest BCUT2D eigenvalue weighted by Crippen LogP contribution is -2.40. The number of carboxylic acid groups (broad SMARTS) is 1. The zero-order valence-corrected chi connectivity index (χ0v) is 54.4. The average Bonchev–Trinajstić information content (AvgIpc) is 3.49. The number of carbonyl (C=O) groups excluding carboxylic acids is 2. The second kappa shape index (κ2) is 64.6. The van der Waals surface area contributed by atoms with Gasteiger partial charge in [-0.1, -0.05) is 255 Å². The Hall–Kier alpha value is -5.35. The molecule has 0 aliphatic rings. The number of rotatable bonds is 59. The summed E-state index contributed by atoms with van der Waals surface area (Å²) in [7, 11) is 5.94. The van der Waals surface area contributed by atoms with E-state index >= 15 is 0 Å². The van der Waals surface area contributed by atoms with E-state index in [9.17, 15) is 19.5 Å². The molecule has 0 bridgehead atoms. The lowest BCUT2D eigenvalue weighted by molar-refractivity contribution is -0.870. The maximum atomic E-state index is 12.9. The highest BCUT2D eigenvalue weighted by molar-refractivity contribution is 5.71. The molecule has 9 heteroatoms. The number of carboxylic acids is 1. The van der Waals surface area contributed by atoms with Gasteiger partial charge in [-0.2, -0.15) is 0 Å². The van der Waals surface area contributed by atoms with Crippen molar-refractivity contribution in [2.75, 3.05) is 47.5 Å². The maximum absolute atomic E-state index is 12.9. The number of carbonyl (C=O) groups is 3. The fraction of sp³-hybridized carbons (Fsp3) is 0.592. The summed E-state index contributed by atoms with van der Waals surface area (Å²) in [6, 6.07) is 0. The summed E-state index contributed by atoms with van der Waals surface area (Å²) in [6.45, 7) is 4.68. The van der Waals surface area contributed by atoms with E-state index in [2.05, 4.69) is 184 Å². The second-order valence-corrected chi connectivity index (χ2v) is 22.7. The van der Waals surface area contributed by atoms with Gasteiger partial charge in [-0.05, 0) is 135 Å². The van der Waals surface area contributed by atoms with E-state index in [1.165, 1.54) is 70.6 Å². The van der Waals surface area contributed by atoms with Gasteiger partial charge in [-0.3, -0.25) is 9.59 Å². The van der Waals surface area contributed by atoms with Crippen LogP contribution in [-0.4, -0.2) is 87.4 Å². The van der Waals surface area contributed by atoms with Crippen LogP contribution in [-0.2, 0) is 33.3 Å². The molecule has 2 unspecified atom stereocenters. The number of esters is 2. The number of quaternary nitrogens is 1. The number of nitrogens with zero attached hydrogens (tertiary/aromatic N) is 1. The van der Waals surface area contributed by atoms with Gasteiger partial charge in [-0.25, -0.2) is 4.79 Å². The monoisotopic (exact) mass is 1180 g/mol. The Kier molecular flexibility index (Phi) is 60.6. The van der Waals surface area contributed by atoms with Gasteiger partial charge in [0.25, 0.3) is 6.29 Å². The molecule has 0 aliphatic heterocycles. The number of unbranched alkanes of at least 4 members (excludes halogenated alkanes) is 16. The van der Waals surface area contributed by atoms with Crippen LogP contribution in [0.15, 0.2) is 170 Å². The van der Waals surface area contributed by atoms with Crippen LogP contribution >= 0.6 is 0 Å². The topological polar surface area (TPSA) is 108 Å². The van der Waals surface area contributed by atoms with Crippen LogP contribution in [0.1, 0.15) is 232 Å². The quantitative estimate of drug-likeness (QED) is 0.0211. The molecule has 85 heavy (non-hydrogen) atoms. The molecule has 0 saturated carbocycles. The van der Waals surface area contributed by atoms with Crippen LogP contribution in [0.25, 0.3) is 0 Å². The highest BCUT2D eigenvalue weighted by atomic mass is 16.7. The van der Waals surface area contributed by atoms with Gasteiger partial charge in [0.1, 0.15) is 13.2 Å². The molecule has 0 amide bonds. The molecule has 0 aromatic rings. The number of likely N-dealkylation sites (N-methyl/N-ethyl adjacent to an activating group) is 1. The van der Waals surface area contributed by atoms with Gasteiger partial charge in [0.2, 0.25) is 0 Å². The Morgan fingerprint density at radius 3 is 1.02 bits per heavy atom. The molecule has 478 valence electrons. The molecule has 0 fully saturated rings. The molecule has 9 nitrogen and oxygen atoms in total. The van der Waals surface area contributed by atoms with Crippen molar-refractivity contribution in [1.29, 1.82) is 0 Å². The minimum absolute atomic E-state index is 0.169. The minimum Gasteiger partial charge on any atom is -0.477 e. The first-order chi connectivity index (χ1) is 41.6. The van der Waals surface area contributed by atoms with E-state index < -0.39 is 24.3 Å². The summed E-state index contributed by atoms with van der Waals surface area (Å²) >= 11 is 0. The Balaban J connectivity index is 4.31. The first-order valence-electron chi connectivity index (χ1n) is 33.3. The largest absolute Gasteiger partial charge is 0.477 e. The molecular formula is C76H122NO8+. The summed E-state index contributed by atoms with van der Waals surface area (Å²) in [5.41, 5.74) is 0. The average molecular weight is 1180 g/mol. The summed E-state index contributed by atoms with van der Waals surface area (Å²) in [6.07, 6.45) is 94.5. The van der Waals surface area contributed by atoms with Crippen molar-refractivity contribution >= 4 is 17.9 Å². The maximum Gasteiger partial charge on any atom is 0.361 e. The third-order valence-corrected chi connectivity index (χ3v) is 13.5. The number of hydrogen-bond acceptors (Lipinski definition) is 7. The molecule has 0 rings (SSSR count). The van der Waals surface area contributed by atoms with E-state index in [-0.39, 0.29) is 38.6 Å². The molecular weight excluding hydrogens is 1050 g/mol. The predicted octanol–water partition coefficient (Wildman–Crippen LogP) is 20.7. The van der Waals surface area contributed by atoms with Crippen molar-refractivity contribution in [3.63, 3.8) is 0 Å². The zero-order valence-electron chi connectivity index (χ0n) is 54.4. The SMILES string of the molecule is CC/C=C\C/C=C\C/C=C\C/C=C\C/C=C\C/C=C\C/C=C\C/C=C\C/C=C\C/C=C\C/C=C\C/C=C\CCCCC(=O)OC(COC(=O)CCCCCCCCCCC/C=C\C/C=C\CCCCCCC)COC(OCC[N+](C)(C)C)C(=O)O. The van der Waals surface area contributed by atoms with E-state index in [4.69, 9.17) is 18.9 Å². The van der Waals surface area contributed by atoms with Crippen LogP contribution in [0.5, 0.6) is 0 Å². The summed E-state index contributed by atoms with van der Waals surface area (Å²) < 4.78 is 22.9. The van der Waals surface area contributed by atoms with Gasteiger partial charge in [0.05, 0.1) is 34.4 Å². The van der Waals surface area contributed by atoms with Gasteiger partial charge in [0, 0.05) is 12.8 Å². The smallest absolute Gasteiger partial charge is 0.361 e. The molecule has 0 aromatic heterocycles. The van der Waals surface area contributed by atoms with Crippen LogP contribution < -0.4 is 0 Å².